The number of carbonyl (C=O) groups excluding carboxylic acids is 1. The number of aromatic nitrogens is 1. The lowest BCUT2D eigenvalue weighted by Crippen LogP contribution is -2.47. The number of rotatable bonds is 7. The van der Waals surface area contributed by atoms with Crippen LogP contribution in [0.2, 0.25) is 0 Å². The maximum atomic E-state index is 14.2. The topological polar surface area (TPSA) is 110 Å². The fourth-order valence-corrected chi connectivity index (χ4v) is 4.54. The summed E-state index contributed by atoms with van der Waals surface area (Å²) in [5.41, 5.74) is -0.117. The number of amides is 1. The van der Waals surface area contributed by atoms with E-state index in [0.29, 0.717) is 23.8 Å². The molecule has 0 radical (unpaired) electrons. The maximum Gasteiger partial charge on any atom is 0.341 e. The van der Waals surface area contributed by atoms with Gasteiger partial charge in [0.15, 0.2) is 16.6 Å². The summed E-state index contributed by atoms with van der Waals surface area (Å²) in [5.74, 6) is -4.20. The summed E-state index contributed by atoms with van der Waals surface area (Å²) in [6.07, 6.45) is 2.37. The number of ether oxygens (including phenoxy) is 2. The number of anilines is 1. The summed E-state index contributed by atoms with van der Waals surface area (Å²) in [7, 11) is 1.44. The first-order valence-electron chi connectivity index (χ1n) is 10.3. The van der Waals surface area contributed by atoms with Crippen LogP contribution in [0.25, 0.3) is 0 Å². The Morgan fingerprint density at radius 3 is 2.59 bits per heavy atom. The minimum Gasteiger partial charge on any atom is -0.493 e. The molecule has 0 bridgehead atoms. The molecule has 2 aromatic carbocycles. The van der Waals surface area contributed by atoms with E-state index in [1.165, 1.54) is 18.4 Å². The number of halogens is 2. The van der Waals surface area contributed by atoms with Crippen LogP contribution in [0.1, 0.15) is 34.8 Å². The Bertz CT molecular complexity index is 1230. The van der Waals surface area contributed by atoms with Crippen molar-refractivity contribution in [1.82, 2.24) is 10.3 Å². The average Bonchev–Trinajstić information content (AvgIpc) is 3.25. The molecule has 0 aliphatic carbocycles. The van der Waals surface area contributed by atoms with Crippen LogP contribution in [-0.4, -0.2) is 35.6 Å². The van der Waals surface area contributed by atoms with Crippen LogP contribution < -0.4 is 20.1 Å². The van der Waals surface area contributed by atoms with Gasteiger partial charge in [0.25, 0.3) is 0 Å². The molecule has 0 unspecified atom stereocenters. The molecule has 3 N–H and O–H groups in total. The van der Waals surface area contributed by atoms with Crippen LogP contribution in [0.5, 0.6) is 17.2 Å². The highest BCUT2D eigenvalue weighted by Gasteiger charge is 2.35. The van der Waals surface area contributed by atoms with Crippen molar-refractivity contribution in [1.29, 1.82) is 0 Å². The second kappa shape index (κ2) is 9.35. The van der Waals surface area contributed by atoms with Crippen molar-refractivity contribution in [3.63, 3.8) is 0 Å². The fourth-order valence-electron chi connectivity index (χ4n) is 4.00. The SMILES string of the molecule is COc1cc2c(cc1Oc1cc(F)c(C(=O)O)c(F)c1)[C@@](C)(CC(=O)Nc1nccs1)NCC2. The van der Waals surface area contributed by atoms with Gasteiger partial charge in [-0.3, -0.25) is 4.79 Å². The molecule has 2 heterocycles. The van der Waals surface area contributed by atoms with Crippen LogP contribution >= 0.6 is 11.3 Å². The van der Waals surface area contributed by atoms with Crippen molar-refractivity contribution in [3.8, 4) is 17.2 Å². The lowest BCUT2D eigenvalue weighted by atomic mass is 9.81. The number of benzene rings is 2. The molecule has 0 fully saturated rings. The molecular formula is C23H21F2N3O5S. The van der Waals surface area contributed by atoms with Crippen LogP contribution in [0.3, 0.4) is 0 Å². The first-order chi connectivity index (χ1) is 16.2. The predicted molar refractivity (Wildman–Crippen MR) is 121 cm³/mol. The zero-order valence-electron chi connectivity index (χ0n) is 18.3. The number of nitrogens with zero attached hydrogens (tertiary/aromatic N) is 1. The number of thiazole rings is 1. The molecule has 8 nitrogen and oxygen atoms in total. The van der Waals surface area contributed by atoms with Gasteiger partial charge in [0.2, 0.25) is 5.91 Å². The molecule has 1 amide bonds. The minimum absolute atomic E-state index is 0.0991. The number of nitrogens with one attached hydrogen (secondary N) is 2. The average molecular weight is 490 g/mol. The van der Waals surface area contributed by atoms with E-state index in [9.17, 15) is 18.4 Å². The zero-order valence-corrected chi connectivity index (χ0v) is 19.1. The Hall–Kier alpha value is -3.57. The van der Waals surface area contributed by atoms with E-state index in [0.717, 1.165) is 23.3 Å². The van der Waals surface area contributed by atoms with Crippen molar-refractivity contribution >= 4 is 28.3 Å². The molecule has 1 aromatic heterocycles. The molecule has 3 aromatic rings. The molecule has 0 spiro atoms. The minimum atomic E-state index is -1.72. The van der Waals surface area contributed by atoms with Crippen molar-refractivity contribution < 1.29 is 33.0 Å². The molecule has 178 valence electrons. The van der Waals surface area contributed by atoms with Gasteiger partial charge >= 0.3 is 5.97 Å². The third-order valence-corrected chi connectivity index (χ3v) is 6.23. The van der Waals surface area contributed by atoms with E-state index in [-0.39, 0.29) is 23.8 Å². The Labute approximate surface area is 197 Å². The highest BCUT2D eigenvalue weighted by atomic mass is 32.1. The van der Waals surface area contributed by atoms with E-state index < -0.39 is 28.7 Å². The van der Waals surface area contributed by atoms with Gasteiger partial charge in [-0.25, -0.2) is 18.6 Å². The van der Waals surface area contributed by atoms with Crippen molar-refractivity contribution in [3.05, 3.63) is 64.2 Å². The van der Waals surface area contributed by atoms with Crippen LogP contribution in [-0.2, 0) is 16.8 Å². The number of carbonyl (C=O) groups is 2. The third-order valence-electron chi connectivity index (χ3n) is 5.54. The second-order valence-electron chi connectivity index (χ2n) is 7.90. The number of hydrogen-bond donors (Lipinski definition) is 3. The van der Waals surface area contributed by atoms with Gasteiger partial charge in [-0.05, 0) is 36.6 Å². The maximum absolute atomic E-state index is 14.2. The molecule has 34 heavy (non-hydrogen) atoms. The Kier molecular flexibility index (Phi) is 6.49. The number of methoxy groups -OCH3 is 1. The molecule has 11 heteroatoms. The van der Waals surface area contributed by atoms with Crippen LogP contribution in [0.4, 0.5) is 13.9 Å². The van der Waals surface area contributed by atoms with Crippen molar-refractivity contribution in [2.45, 2.75) is 25.3 Å². The monoisotopic (exact) mass is 489 g/mol. The van der Waals surface area contributed by atoms with Gasteiger partial charge in [0, 0.05) is 42.2 Å². The van der Waals surface area contributed by atoms with Gasteiger partial charge in [0.1, 0.15) is 22.9 Å². The largest absolute Gasteiger partial charge is 0.493 e. The van der Waals surface area contributed by atoms with Gasteiger partial charge in [-0.2, -0.15) is 0 Å². The zero-order chi connectivity index (χ0) is 24.5. The van der Waals surface area contributed by atoms with Gasteiger partial charge in [0.05, 0.1) is 7.11 Å². The van der Waals surface area contributed by atoms with E-state index in [1.807, 2.05) is 6.92 Å². The standard InChI is InChI=1S/C23H21F2N3O5S/c1-23(11-19(29)28-22-26-5-6-34-22)14-10-18(17(32-2)7-12(14)3-4-27-23)33-13-8-15(24)20(21(30)31)16(25)9-13/h5-10,27H,3-4,11H2,1-2H3,(H,30,31)(H,26,28,29)/t23-/m1/s1. The predicted octanol–water partition coefficient (Wildman–Crippen LogP) is 4.31. The quantitative estimate of drug-likeness (QED) is 0.454. The van der Waals surface area contributed by atoms with E-state index in [1.54, 1.807) is 23.7 Å². The Balaban J connectivity index is 1.67. The van der Waals surface area contributed by atoms with Crippen LogP contribution in [0.15, 0.2) is 35.8 Å². The molecule has 4 rings (SSSR count). The lowest BCUT2D eigenvalue weighted by molar-refractivity contribution is -0.117. The van der Waals surface area contributed by atoms with E-state index in [2.05, 4.69) is 15.6 Å². The number of hydrogen-bond acceptors (Lipinski definition) is 7. The Morgan fingerprint density at radius 1 is 1.24 bits per heavy atom. The summed E-state index contributed by atoms with van der Waals surface area (Å²) in [6, 6.07) is 5.02. The lowest BCUT2D eigenvalue weighted by Gasteiger charge is -2.37. The molecule has 1 atom stereocenters. The number of carboxylic acids is 1. The molecule has 0 saturated carbocycles. The smallest absolute Gasteiger partial charge is 0.341 e. The number of aromatic carboxylic acids is 1. The molecule has 1 aliphatic rings. The highest BCUT2D eigenvalue weighted by molar-refractivity contribution is 7.13. The highest BCUT2D eigenvalue weighted by Crippen LogP contribution is 2.41. The number of fused-ring (bicyclic) bond motifs is 1. The van der Waals surface area contributed by atoms with E-state index in [4.69, 9.17) is 14.6 Å². The first kappa shape index (κ1) is 23.6. The summed E-state index contributed by atoms with van der Waals surface area (Å²) < 4.78 is 39.4. The van der Waals surface area contributed by atoms with Gasteiger partial charge in [-0.1, -0.05) is 0 Å². The van der Waals surface area contributed by atoms with Crippen LogP contribution in [0, 0.1) is 11.6 Å². The second-order valence-corrected chi connectivity index (χ2v) is 8.80. The van der Waals surface area contributed by atoms with Gasteiger partial charge < -0.3 is 25.2 Å². The molecule has 1 aliphatic heterocycles. The Morgan fingerprint density at radius 2 is 1.97 bits per heavy atom. The summed E-state index contributed by atoms with van der Waals surface area (Å²) in [4.78, 5) is 27.8. The summed E-state index contributed by atoms with van der Waals surface area (Å²) >= 11 is 1.31. The third kappa shape index (κ3) is 4.70. The molecule has 0 saturated heterocycles. The first-order valence-corrected chi connectivity index (χ1v) is 11.1. The normalized spacial score (nSPS) is 17.1. The number of carboxylic acid groups (broad SMARTS) is 1. The molecular weight excluding hydrogens is 468 g/mol. The van der Waals surface area contributed by atoms with Gasteiger partial charge in [-0.15, -0.1) is 11.3 Å². The van der Waals surface area contributed by atoms with Crippen molar-refractivity contribution in [2.24, 2.45) is 0 Å². The fraction of sp³-hybridized carbons (Fsp3) is 0.261. The summed E-state index contributed by atoms with van der Waals surface area (Å²) in [6.45, 7) is 2.51. The summed E-state index contributed by atoms with van der Waals surface area (Å²) in [5, 5.41) is 17.4. The van der Waals surface area contributed by atoms with Crippen molar-refractivity contribution in [2.75, 3.05) is 19.0 Å². The van der Waals surface area contributed by atoms with E-state index >= 15 is 0 Å².